The summed E-state index contributed by atoms with van der Waals surface area (Å²) in [5.41, 5.74) is 5.90. The molecule has 1 saturated carbocycles. The maximum atomic E-state index is 6.29. The van der Waals surface area contributed by atoms with Crippen LogP contribution in [0.4, 0.5) is 0 Å². The van der Waals surface area contributed by atoms with Crippen molar-refractivity contribution in [2.75, 3.05) is 0 Å². The minimum atomic E-state index is 0.263. The highest BCUT2D eigenvalue weighted by molar-refractivity contribution is 6.16. The minimum Gasteiger partial charge on any atom is -0.437 e. The van der Waals surface area contributed by atoms with E-state index in [1.54, 1.807) is 0 Å². The summed E-state index contributed by atoms with van der Waals surface area (Å²) in [5, 5.41) is 3.54. The lowest BCUT2D eigenvalue weighted by Crippen LogP contribution is -2.21. The van der Waals surface area contributed by atoms with Gasteiger partial charge in [-0.2, -0.15) is 0 Å². The van der Waals surface area contributed by atoms with E-state index in [4.69, 9.17) is 14.4 Å². The van der Waals surface area contributed by atoms with Gasteiger partial charge in [0.25, 0.3) is 0 Å². The van der Waals surface area contributed by atoms with Crippen molar-refractivity contribution in [2.45, 2.75) is 31.0 Å². The summed E-state index contributed by atoms with van der Waals surface area (Å²) in [6, 6.07) is 21.1. The second kappa shape index (κ2) is 6.18. The van der Waals surface area contributed by atoms with Gasteiger partial charge in [-0.15, -0.1) is 0 Å². The number of aromatic nitrogens is 2. The van der Waals surface area contributed by atoms with E-state index in [9.17, 15) is 0 Å². The van der Waals surface area contributed by atoms with E-state index in [1.165, 1.54) is 31.2 Å². The molecule has 4 heteroatoms. The molecule has 5 aromatic rings. The van der Waals surface area contributed by atoms with Gasteiger partial charge in [-0.3, -0.25) is 4.98 Å². The number of rotatable bonds is 2. The van der Waals surface area contributed by atoms with E-state index in [0.717, 1.165) is 38.5 Å². The maximum Gasteiger partial charge on any atom is 0.227 e. The fraction of sp³-hybridized carbons (Fsp3) is 0.200. The van der Waals surface area contributed by atoms with Crippen molar-refractivity contribution in [3.63, 3.8) is 0 Å². The summed E-state index contributed by atoms with van der Waals surface area (Å²) in [6.45, 7) is 0. The van der Waals surface area contributed by atoms with E-state index >= 15 is 0 Å². The van der Waals surface area contributed by atoms with Crippen molar-refractivity contribution >= 4 is 40.8 Å². The number of hydrogen-bond donors (Lipinski definition) is 0. The van der Waals surface area contributed by atoms with Gasteiger partial charge in [-0.05, 0) is 41.2 Å². The minimum absolute atomic E-state index is 0.263. The Morgan fingerprint density at radius 2 is 1.76 bits per heavy atom. The highest BCUT2D eigenvalue weighted by atomic mass is 16.3. The van der Waals surface area contributed by atoms with Crippen LogP contribution in [0.25, 0.3) is 44.2 Å². The predicted molar refractivity (Wildman–Crippen MR) is 121 cm³/mol. The van der Waals surface area contributed by atoms with Gasteiger partial charge >= 0.3 is 0 Å². The molecule has 0 saturated heterocycles. The number of benzene rings is 2. The molecule has 140 valence electrons. The first-order chi connectivity index (χ1) is 14.2. The molecule has 0 atom stereocenters. The summed E-state index contributed by atoms with van der Waals surface area (Å²) < 4.78 is 6.29. The Bertz CT molecular complexity index is 1380. The number of fused-ring (bicyclic) bond motifs is 4. The number of furan rings is 1. The van der Waals surface area contributed by atoms with Crippen LogP contribution in [0.1, 0.15) is 31.2 Å². The average molecular weight is 376 g/mol. The van der Waals surface area contributed by atoms with Crippen molar-refractivity contribution in [2.24, 2.45) is 0 Å². The number of nitrogens with zero attached hydrogens (tertiary/aromatic N) is 2. The molecular formula is C25H21BN2O. The van der Waals surface area contributed by atoms with E-state index in [1.807, 2.05) is 24.4 Å². The Morgan fingerprint density at radius 1 is 0.897 bits per heavy atom. The molecule has 6 rings (SSSR count). The molecule has 3 nitrogen and oxygen atoms in total. The van der Waals surface area contributed by atoms with E-state index < -0.39 is 0 Å². The predicted octanol–water partition coefficient (Wildman–Crippen LogP) is 5.60. The summed E-state index contributed by atoms with van der Waals surface area (Å²) in [6.07, 6.45) is 7.07. The Labute approximate surface area is 170 Å². The Balaban J connectivity index is 1.57. The first-order valence-corrected chi connectivity index (χ1v) is 10.4. The molecule has 0 amide bonds. The van der Waals surface area contributed by atoms with Crippen LogP contribution in [-0.2, 0) is 5.31 Å². The monoisotopic (exact) mass is 376 g/mol. The van der Waals surface area contributed by atoms with Gasteiger partial charge in [-0.1, -0.05) is 56.0 Å². The van der Waals surface area contributed by atoms with Crippen LogP contribution in [0, 0.1) is 0 Å². The van der Waals surface area contributed by atoms with Crippen molar-refractivity contribution in [1.82, 2.24) is 9.97 Å². The van der Waals surface area contributed by atoms with Gasteiger partial charge in [0, 0.05) is 27.9 Å². The van der Waals surface area contributed by atoms with Crippen LogP contribution in [0.2, 0.25) is 0 Å². The Morgan fingerprint density at radius 3 is 2.66 bits per heavy atom. The fourth-order valence-corrected chi connectivity index (χ4v) is 4.92. The Hall–Kier alpha value is -3.14. The second-order valence-corrected chi connectivity index (χ2v) is 8.52. The van der Waals surface area contributed by atoms with Gasteiger partial charge in [0.2, 0.25) is 5.71 Å². The summed E-state index contributed by atoms with van der Waals surface area (Å²) in [7, 11) is 2.39. The van der Waals surface area contributed by atoms with Crippen LogP contribution in [0.15, 0.2) is 71.3 Å². The first kappa shape index (κ1) is 16.8. The lowest BCUT2D eigenvalue weighted by molar-refractivity contribution is 0.634. The van der Waals surface area contributed by atoms with Crippen molar-refractivity contribution in [3.8, 4) is 11.3 Å². The zero-order chi connectivity index (χ0) is 19.4. The molecule has 0 N–H and O–H groups in total. The molecule has 0 bridgehead atoms. The zero-order valence-electron chi connectivity index (χ0n) is 16.5. The molecule has 3 aromatic heterocycles. The largest absolute Gasteiger partial charge is 0.437 e. The first-order valence-electron chi connectivity index (χ1n) is 10.4. The molecule has 0 radical (unpaired) electrons. The highest BCUT2D eigenvalue weighted by Crippen LogP contribution is 2.40. The van der Waals surface area contributed by atoms with Gasteiger partial charge in [0.15, 0.2) is 0 Å². The summed E-state index contributed by atoms with van der Waals surface area (Å²) in [5.74, 6) is 0. The van der Waals surface area contributed by atoms with Crippen LogP contribution >= 0.6 is 0 Å². The van der Waals surface area contributed by atoms with E-state index in [2.05, 4.69) is 50.3 Å². The topological polar surface area (TPSA) is 38.9 Å². The second-order valence-electron chi connectivity index (χ2n) is 8.52. The molecule has 1 fully saturated rings. The van der Waals surface area contributed by atoms with Gasteiger partial charge in [-0.25, -0.2) is 4.98 Å². The smallest absolute Gasteiger partial charge is 0.227 e. The van der Waals surface area contributed by atoms with Gasteiger partial charge in [0.1, 0.15) is 13.4 Å². The molecule has 0 aliphatic heterocycles. The lowest BCUT2D eigenvalue weighted by atomic mass is 9.63. The summed E-state index contributed by atoms with van der Waals surface area (Å²) >= 11 is 0. The molecule has 1 aliphatic carbocycles. The van der Waals surface area contributed by atoms with Crippen molar-refractivity contribution < 1.29 is 4.42 Å². The highest BCUT2D eigenvalue weighted by Gasteiger charge is 2.30. The van der Waals surface area contributed by atoms with Crippen molar-refractivity contribution in [1.29, 1.82) is 0 Å². The van der Waals surface area contributed by atoms with E-state index in [0.29, 0.717) is 5.71 Å². The molecule has 3 heterocycles. The quantitative estimate of drug-likeness (QED) is 0.377. The van der Waals surface area contributed by atoms with Crippen LogP contribution in [0.5, 0.6) is 0 Å². The third kappa shape index (κ3) is 2.59. The standard InChI is InChI=1S/C25H21BN2O/c26-25(11-3-4-12-25)17-10-13-27-22(15-17)19-8-5-7-18-20-14-16-6-1-2-9-21(16)28-24(20)29-23(18)19/h1-2,5-10,13-15H,3-4,11-12,26H2. The zero-order valence-corrected chi connectivity index (χ0v) is 16.5. The summed E-state index contributed by atoms with van der Waals surface area (Å²) in [4.78, 5) is 9.46. The molecule has 1 aliphatic rings. The third-order valence-electron chi connectivity index (χ3n) is 6.63. The average Bonchev–Trinajstić information content (AvgIpc) is 3.36. The van der Waals surface area contributed by atoms with Crippen molar-refractivity contribution in [3.05, 3.63) is 72.4 Å². The normalized spacial score (nSPS) is 16.1. The molecule has 29 heavy (non-hydrogen) atoms. The Kier molecular flexibility index (Phi) is 3.58. The number of para-hydroxylation sites is 2. The van der Waals surface area contributed by atoms with Gasteiger partial charge < -0.3 is 4.42 Å². The molecule has 0 spiro atoms. The molecule has 0 unspecified atom stereocenters. The maximum absolute atomic E-state index is 6.29. The molecule has 2 aromatic carbocycles. The number of pyridine rings is 2. The van der Waals surface area contributed by atoms with Crippen LogP contribution < -0.4 is 0 Å². The fourth-order valence-electron chi connectivity index (χ4n) is 4.92. The number of hydrogen-bond acceptors (Lipinski definition) is 3. The third-order valence-corrected chi connectivity index (χ3v) is 6.63. The SMILES string of the molecule is BC1(c2ccnc(-c3cccc4c3oc3nc5ccccc5cc34)c2)CCCC1. The van der Waals surface area contributed by atoms with E-state index in [-0.39, 0.29) is 5.31 Å². The molecular weight excluding hydrogens is 355 g/mol. The van der Waals surface area contributed by atoms with Crippen LogP contribution in [0.3, 0.4) is 0 Å². The van der Waals surface area contributed by atoms with Crippen LogP contribution in [-0.4, -0.2) is 17.8 Å². The lowest BCUT2D eigenvalue weighted by Gasteiger charge is -2.24. The van der Waals surface area contributed by atoms with Gasteiger partial charge in [0.05, 0.1) is 11.2 Å².